The zero-order chi connectivity index (χ0) is 28.6. The maximum atomic E-state index is 12.9. The van der Waals surface area contributed by atoms with E-state index in [1.165, 1.54) is 50.6 Å². The number of benzene rings is 4. The average molecular weight is 545 g/mol. The Morgan fingerprint density at radius 1 is 0.600 bits per heavy atom. The van der Waals surface area contributed by atoms with Gasteiger partial charge in [0, 0.05) is 48.2 Å². The first-order valence-corrected chi connectivity index (χ1v) is 12.0. The molecule has 0 aromatic heterocycles. The number of nitrogens with zero attached hydrogens (tertiary/aromatic N) is 2. The van der Waals surface area contributed by atoms with Gasteiger partial charge in [0.25, 0.3) is 11.4 Å². The number of rotatable bonds is 10. The van der Waals surface area contributed by atoms with Gasteiger partial charge in [-0.25, -0.2) is 4.79 Å². The molecule has 0 fully saturated rings. The van der Waals surface area contributed by atoms with E-state index >= 15 is 0 Å². The Hall–Kier alpha value is -5.45. The number of carbonyl (C=O) groups excluding carboxylic acids is 1. The maximum Gasteiger partial charge on any atom is 0.519 e. The number of methoxy groups -OCH3 is 2. The van der Waals surface area contributed by atoms with Crippen molar-refractivity contribution >= 4 is 17.5 Å². The number of nitro groups is 2. The van der Waals surface area contributed by atoms with Crippen molar-refractivity contribution in [2.75, 3.05) is 14.2 Å². The molecule has 11 nitrogen and oxygen atoms in total. The second kappa shape index (κ2) is 12.4. The summed E-state index contributed by atoms with van der Waals surface area (Å²) in [7, 11) is 3.02. The van der Waals surface area contributed by atoms with Crippen LogP contribution in [0.3, 0.4) is 0 Å². The summed E-state index contributed by atoms with van der Waals surface area (Å²) in [5, 5.41) is 22.8. The molecule has 0 saturated carbocycles. The number of non-ortho nitro benzene ring substituents is 2. The van der Waals surface area contributed by atoms with Gasteiger partial charge in [-0.2, -0.15) is 0 Å². The lowest BCUT2D eigenvalue weighted by Crippen LogP contribution is -2.16. The molecule has 0 saturated heterocycles. The van der Waals surface area contributed by atoms with Crippen LogP contribution in [0.25, 0.3) is 0 Å². The lowest BCUT2D eigenvalue weighted by molar-refractivity contribution is -0.385. The molecular formula is C29H24N2O9. The lowest BCUT2D eigenvalue weighted by Gasteiger charge is -2.14. The van der Waals surface area contributed by atoms with Gasteiger partial charge < -0.3 is 18.9 Å². The molecule has 4 aromatic rings. The molecule has 0 radical (unpaired) electrons. The fourth-order valence-electron chi connectivity index (χ4n) is 4.14. The molecule has 0 spiro atoms. The monoisotopic (exact) mass is 544 g/mol. The van der Waals surface area contributed by atoms with Crippen LogP contribution in [0.2, 0.25) is 0 Å². The van der Waals surface area contributed by atoms with E-state index in [1.807, 2.05) is 0 Å². The van der Waals surface area contributed by atoms with Gasteiger partial charge in [0.2, 0.25) is 0 Å². The number of hydrogen-bond acceptors (Lipinski definition) is 9. The Kier molecular flexibility index (Phi) is 8.55. The molecule has 0 N–H and O–H groups in total. The third kappa shape index (κ3) is 6.51. The first kappa shape index (κ1) is 27.6. The van der Waals surface area contributed by atoms with Crippen molar-refractivity contribution in [1.29, 1.82) is 0 Å². The van der Waals surface area contributed by atoms with Crippen LogP contribution in [-0.4, -0.2) is 30.2 Å². The van der Waals surface area contributed by atoms with Gasteiger partial charge >= 0.3 is 6.16 Å². The molecule has 0 bridgehead atoms. The molecule has 0 aliphatic heterocycles. The molecular weight excluding hydrogens is 520 g/mol. The van der Waals surface area contributed by atoms with Crippen LogP contribution in [-0.2, 0) is 12.8 Å². The van der Waals surface area contributed by atoms with Crippen LogP contribution in [0, 0.1) is 20.2 Å². The van der Waals surface area contributed by atoms with Gasteiger partial charge in [-0.05, 0) is 35.4 Å². The number of hydrogen-bond donors (Lipinski definition) is 0. The minimum Gasteiger partial charge on any atom is -0.496 e. The molecule has 0 amide bonds. The highest BCUT2D eigenvalue weighted by Gasteiger charge is 2.20. The van der Waals surface area contributed by atoms with E-state index in [-0.39, 0.29) is 35.7 Å². The number of nitro benzene ring substituents is 2. The van der Waals surface area contributed by atoms with Crippen molar-refractivity contribution in [2.45, 2.75) is 12.8 Å². The number of para-hydroxylation sites is 2. The maximum absolute atomic E-state index is 12.9. The van der Waals surface area contributed by atoms with E-state index in [4.69, 9.17) is 18.9 Å². The number of carbonyl (C=O) groups is 1. The van der Waals surface area contributed by atoms with Crippen LogP contribution in [0.1, 0.15) is 22.3 Å². The van der Waals surface area contributed by atoms with E-state index < -0.39 is 16.0 Å². The lowest BCUT2D eigenvalue weighted by atomic mass is 10.0. The molecule has 4 rings (SSSR count). The molecule has 4 aromatic carbocycles. The van der Waals surface area contributed by atoms with E-state index in [9.17, 15) is 25.0 Å². The Balaban J connectivity index is 1.63. The van der Waals surface area contributed by atoms with Gasteiger partial charge in [0.15, 0.2) is 0 Å². The predicted octanol–water partition coefficient (Wildman–Crippen LogP) is 6.28. The molecule has 0 unspecified atom stereocenters. The molecule has 0 heterocycles. The fraction of sp³-hybridized carbons (Fsp3) is 0.138. The second-order valence-corrected chi connectivity index (χ2v) is 8.53. The van der Waals surface area contributed by atoms with Crippen molar-refractivity contribution < 1.29 is 33.6 Å². The number of ether oxygens (including phenoxy) is 4. The predicted molar refractivity (Wildman–Crippen MR) is 144 cm³/mol. The second-order valence-electron chi connectivity index (χ2n) is 8.53. The molecule has 11 heteroatoms. The summed E-state index contributed by atoms with van der Waals surface area (Å²) in [5.74, 6) is 1.23. The highest BCUT2D eigenvalue weighted by molar-refractivity contribution is 5.69. The Bertz CT molecular complexity index is 1450. The topological polar surface area (TPSA) is 140 Å². The largest absolute Gasteiger partial charge is 0.519 e. The van der Waals surface area contributed by atoms with E-state index in [1.54, 1.807) is 48.5 Å². The summed E-state index contributed by atoms with van der Waals surface area (Å²) >= 11 is 0. The molecule has 204 valence electrons. The quantitative estimate of drug-likeness (QED) is 0.0976. The highest BCUT2D eigenvalue weighted by Crippen LogP contribution is 2.32. The third-order valence-corrected chi connectivity index (χ3v) is 6.04. The first-order chi connectivity index (χ1) is 19.3. The van der Waals surface area contributed by atoms with E-state index in [0.29, 0.717) is 22.6 Å². The zero-order valence-corrected chi connectivity index (χ0v) is 21.6. The zero-order valence-electron chi connectivity index (χ0n) is 21.6. The molecule has 0 atom stereocenters. The van der Waals surface area contributed by atoms with Gasteiger partial charge in [-0.1, -0.05) is 36.4 Å². The van der Waals surface area contributed by atoms with Crippen molar-refractivity contribution in [3.05, 3.63) is 127 Å². The Morgan fingerprint density at radius 3 is 1.38 bits per heavy atom. The third-order valence-electron chi connectivity index (χ3n) is 6.04. The fourth-order valence-corrected chi connectivity index (χ4v) is 4.14. The van der Waals surface area contributed by atoms with E-state index in [0.717, 1.165) is 11.1 Å². The van der Waals surface area contributed by atoms with Crippen LogP contribution in [0.5, 0.6) is 23.0 Å². The Morgan fingerprint density at radius 2 is 1.00 bits per heavy atom. The minimum atomic E-state index is -1.12. The van der Waals surface area contributed by atoms with Gasteiger partial charge in [0.1, 0.15) is 23.0 Å². The summed E-state index contributed by atoms with van der Waals surface area (Å²) in [6, 6.07) is 21.9. The summed E-state index contributed by atoms with van der Waals surface area (Å²) in [4.78, 5) is 34.6. The molecule has 0 aliphatic rings. The summed E-state index contributed by atoms with van der Waals surface area (Å²) < 4.78 is 21.7. The van der Waals surface area contributed by atoms with Crippen molar-refractivity contribution in [3.63, 3.8) is 0 Å². The van der Waals surface area contributed by atoms with Crippen LogP contribution in [0.15, 0.2) is 84.9 Å². The smallest absolute Gasteiger partial charge is 0.496 e. The summed E-state index contributed by atoms with van der Waals surface area (Å²) in [5.41, 5.74) is 1.79. The molecule has 40 heavy (non-hydrogen) atoms. The molecule has 0 aliphatic carbocycles. The first-order valence-electron chi connectivity index (χ1n) is 12.0. The average Bonchev–Trinajstić information content (AvgIpc) is 2.95. The van der Waals surface area contributed by atoms with Crippen molar-refractivity contribution in [1.82, 2.24) is 0 Å². The SMILES string of the molecule is COc1ccccc1Cc1cc([N+](=O)[O-])ccc1OC(=O)Oc1ccc([N+](=O)[O-])cc1Cc1ccccc1OC. The standard InChI is InChI=1S/C29H24N2O9/c1-37-25-9-5-3-7-19(25)15-21-17-23(30(33)34)11-13-27(21)39-29(32)40-28-14-12-24(31(35)36)18-22(28)16-20-8-4-6-10-26(20)38-2/h3-14,17-18H,15-16H2,1-2H3. The van der Waals surface area contributed by atoms with Gasteiger partial charge in [-0.15, -0.1) is 0 Å². The highest BCUT2D eigenvalue weighted by atomic mass is 16.7. The van der Waals surface area contributed by atoms with E-state index in [2.05, 4.69) is 0 Å². The summed E-state index contributed by atoms with van der Waals surface area (Å²) in [6.07, 6.45) is -0.777. The normalized spacial score (nSPS) is 10.4. The Labute approximate surface area is 228 Å². The van der Waals surface area contributed by atoms with Crippen molar-refractivity contribution in [2.24, 2.45) is 0 Å². The van der Waals surface area contributed by atoms with Crippen molar-refractivity contribution in [3.8, 4) is 23.0 Å². The van der Waals surface area contributed by atoms with Crippen LogP contribution >= 0.6 is 0 Å². The van der Waals surface area contributed by atoms with Gasteiger partial charge in [0.05, 0.1) is 24.1 Å². The van der Waals surface area contributed by atoms with Crippen LogP contribution < -0.4 is 18.9 Å². The summed E-state index contributed by atoms with van der Waals surface area (Å²) in [6.45, 7) is 0. The van der Waals surface area contributed by atoms with Gasteiger partial charge in [-0.3, -0.25) is 20.2 Å². The minimum absolute atomic E-state index is 0.0506. The van der Waals surface area contributed by atoms with Crippen LogP contribution in [0.4, 0.5) is 16.2 Å².